The SMILES string of the molecule is CC(C)OC(=S)NC[C@H]1CN(c2ccc(N3CCCSCC3)c(F)c2)C(=O)O1. The van der Waals surface area contributed by atoms with Crippen molar-refractivity contribution in [3.05, 3.63) is 24.0 Å². The number of nitrogens with one attached hydrogen (secondary N) is 1. The summed E-state index contributed by atoms with van der Waals surface area (Å²) in [6, 6.07) is 4.95. The number of hydrogen-bond donors (Lipinski definition) is 1. The quantitative estimate of drug-likeness (QED) is 0.723. The summed E-state index contributed by atoms with van der Waals surface area (Å²) in [5, 5.41) is 3.21. The predicted molar refractivity (Wildman–Crippen MR) is 115 cm³/mol. The van der Waals surface area contributed by atoms with Crippen LogP contribution < -0.4 is 15.1 Å². The molecule has 1 aromatic rings. The lowest BCUT2D eigenvalue weighted by molar-refractivity contribution is 0.140. The smallest absolute Gasteiger partial charge is 0.414 e. The largest absolute Gasteiger partial charge is 0.468 e. The maximum Gasteiger partial charge on any atom is 0.414 e. The molecule has 2 fully saturated rings. The lowest BCUT2D eigenvalue weighted by Gasteiger charge is -2.24. The highest BCUT2D eigenvalue weighted by Crippen LogP contribution is 2.29. The van der Waals surface area contributed by atoms with Gasteiger partial charge >= 0.3 is 6.09 Å². The van der Waals surface area contributed by atoms with Gasteiger partial charge in [-0.3, -0.25) is 4.90 Å². The van der Waals surface area contributed by atoms with Crippen molar-refractivity contribution in [1.82, 2.24) is 5.32 Å². The topological polar surface area (TPSA) is 54.0 Å². The first-order valence-electron chi connectivity index (χ1n) is 9.49. The van der Waals surface area contributed by atoms with Gasteiger partial charge < -0.3 is 19.7 Å². The van der Waals surface area contributed by atoms with Crippen molar-refractivity contribution in [2.45, 2.75) is 32.5 Å². The van der Waals surface area contributed by atoms with Crippen LogP contribution in [-0.2, 0) is 9.47 Å². The Balaban J connectivity index is 1.61. The Kier molecular flexibility index (Phi) is 7.23. The van der Waals surface area contributed by atoms with E-state index in [1.54, 1.807) is 12.1 Å². The molecule has 0 bridgehead atoms. The van der Waals surface area contributed by atoms with E-state index in [1.807, 2.05) is 25.6 Å². The van der Waals surface area contributed by atoms with E-state index in [0.29, 0.717) is 24.5 Å². The number of halogens is 1. The maximum atomic E-state index is 14.7. The second-order valence-corrected chi connectivity index (χ2v) is 8.64. The summed E-state index contributed by atoms with van der Waals surface area (Å²) in [7, 11) is 0. The van der Waals surface area contributed by atoms with Gasteiger partial charge in [0, 0.05) is 18.8 Å². The number of rotatable bonds is 5. The second kappa shape index (κ2) is 9.65. The van der Waals surface area contributed by atoms with Crippen LogP contribution in [0.4, 0.5) is 20.6 Å². The molecule has 0 spiro atoms. The zero-order chi connectivity index (χ0) is 20.1. The van der Waals surface area contributed by atoms with Crippen LogP contribution >= 0.6 is 24.0 Å². The van der Waals surface area contributed by atoms with Crippen molar-refractivity contribution in [2.75, 3.05) is 47.5 Å². The van der Waals surface area contributed by atoms with Crippen molar-refractivity contribution < 1.29 is 18.7 Å². The van der Waals surface area contributed by atoms with Gasteiger partial charge in [0.1, 0.15) is 11.9 Å². The zero-order valence-electron chi connectivity index (χ0n) is 16.2. The van der Waals surface area contributed by atoms with E-state index in [2.05, 4.69) is 10.2 Å². The fourth-order valence-corrected chi connectivity index (χ4v) is 4.36. The van der Waals surface area contributed by atoms with Crippen molar-refractivity contribution in [1.29, 1.82) is 0 Å². The van der Waals surface area contributed by atoms with Gasteiger partial charge in [0.15, 0.2) is 0 Å². The Morgan fingerprint density at radius 2 is 2.25 bits per heavy atom. The Bertz CT molecular complexity index is 712. The zero-order valence-corrected chi connectivity index (χ0v) is 17.8. The molecule has 2 aliphatic heterocycles. The van der Waals surface area contributed by atoms with Gasteiger partial charge in [-0.2, -0.15) is 11.8 Å². The third-order valence-corrected chi connectivity index (χ3v) is 5.79. The first-order chi connectivity index (χ1) is 13.4. The molecular weight excluding hydrogens is 401 g/mol. The van der Waals surface area contributed by atoms with E-state index >= 15 is 0 Å². The molecule has 2 aliphatic rings. The normalized spacial score (nSPS) is 20.1. The number of benzene rings is 1. The minimum Gasteiger partial charge on any atom is -0.468 e. The fourth-order valence-electron chi connectivity index (χ4n) is 3.20. The molecule has 0 unspecified atom stereocenters. The molecule has 0 aliphatic carbocycles. The summed E-state index contributed by atoms with van der Waals surface area (Å²) in [6.07, 6.45) is 0.154. The Labute approximate surface area is 174 Å². The number of thiocarbonyl (C=S) groups is 1. The van der Waals surface area contributed by atoms with Crippen molar-refractivity contribution in [2.24, 2.45) is 0 Å². The van der Waals surface area contributed by atoms with Crippen LogP contribution in [-0.4, -0.2) is 61.2 Å². The van der Waals surface area contributed by atoms with Crippen LogP contribution in [0.2, 0.25) is 0 Å². The summed E-state index contributed by atoms with van der Waals surface area (Å²) >= 11 is 6.97. The number of amides is 1. The highest BCUT2D eigenvalue weighted by molar-refractivity contribution is 7.99. The van der Waals surface area contributed by atoms with Crippen LogP contribution in [0.1, 0.15) is 20.3 Å². The standard InChI is InChI=1S/C19H26FN3O3S2/c1-13(2)25-18(27)21-11-15-12-23(19(24)26-15)14-4-5-17(16(20)10-14)22-6-3-8-28-9-7-22/h4-5,10,13,15H,3,6-9,11-12H2,1-2H3,(H,21,27)/t15-/m0/s1. The van der Waals surface area contributed by atoms with Gasteiger partial charge in [-0.25, -0.2) is 9.18 Å². The molecular formula is C19H26FN3O3S2. The average Bonchev–Trinajstić information content (AvgIpc) is 2.83. The highest BCUT2D eigenvalue weighted by atomic mass is 32.2. The first kappa shape index (κ1) is 21.0. The number of hydrogen-bond acceptors (Lipinski definition) is 6. The number of carbonyl (C=O) groups is 1. The van der Waals surface area contributed by atoms with Gasteiger partial charge in [-0.15, -0.1) is 0 Å². The third-order valence-electron chi connectivity index (χ3n) is 4.50. The minimum atomic E-state index is -0.485. The summed E-state index contributed by atoms with van der Waals surface area (Å²) in [5.41, 5.74) is 1.09. The molecule has 28 heavy (non-hydrogen) atoms. The van der Waals surface area contributed by atoms with Crippen LogP contribution in [0, 0.1) is 5.82 Å². The molecule has 0 aromatic heterocycles. The van der Waals surface area contributed by atoms with E-state index in [0.717, 1.165) is 31.0 Å². The lowest BCUT2D eigenvalue weighted by atomic mass is 10.2. The van der Waals surface area contributed by atoms with E-state index in [9.17, 15) is 9.18 Å². The molecule has 1 atom stereocenters. The average molecular weight is 428 g/mol. The molecule has 0 saturated carbocycles. The van der Waals surface area contributed by atoms with E-state index in [-0.39, 0.29) is 23.2 Å². The van der Waals surface area contributed by atoms with Gasteiger partial charge in [0.05, 0.1) is 30.6 Å². The molecule has 1 N–H and O–H groups in total. The molecule has 3 rings (SSSR count). The molecule has 1 aromatic carbocycles. The number of nitrogens with zero attached hydrogens (tertiary/aromatic N) is 2. The van der Waals surface area contributed by atoms with Crippen LogP contribution in [0.5, 0.6) is 0 Å². The Hall–Kier alpha value is -1.74. The summed E-state index contributed by atoms with van der Waals surface area (Å²) < 4.78 is 25.5. The van der Waals surface area contributed by atoms with Crippen LogP contribution in [0.25, 0.3) is 0 Å². The fraction of sp³-hybridized carbons (Fsp3) is 0.579. The first-order valence-corrected chi connectivity index (χ1v) is 11.0. The van der Waals surface area contributed by atoms with Gasteiger partial charge in [-0.1, -0.05) is 0 Å². The Morgan fingerprint density at radius 1 is 1.43 bits per heavy atom. The summed E-state index contributed by atoms with van der Waals surface area (Å²) in [4.78, 5) is 15.7. The molecule has 1 amide bonds. The summed E-state index contributed by atoms with van der Waals surface area (Å²) in [5.74, 6) is 1.79. The highest BCUT2D eigenvalue weighted by Gasteiger charge is 2.33. The number of carbonyl (C=O) groups excluding carboxylic acids is 1. The molecule has 9 heteroatoms. The van der Waals surface area contributed by atoms with E-state index < -0.39 is 6.09 Å². The minimum absolute atomic E-state index is 0.0214. The van der Waals surface area contributed by atoms with Gasteiger partial charge in [-0.05, 0) is 56.4 Å². The second-order valence-electron chi connectivity index (χ2n) is 7.04. The monoisotopic (exact) mass is 427 g/mol. The third kappa shape index (κ3) is 5.41. The van der Waals surface area contributed by atoms with Crippen molar-refractivity contribution >= 4 is 46.6 Å². The van der Waals surface area contributed by atoms with E-state index in [1.165, 1.54) is 11.0 Å². The molecule has 0 radical (unpaired) electrons. The molecule has 2 saturated heterocycles. The molecule has 6 nitrogen and oxygen atoms in total. The predicted octanol–water partition coefficient (Wildman–Crippen LogP) is 3.39. The van der Waals surface area contributed by atoms with Crippen molar-refractivity contribution in [3.63, 3.8) is 0 Å². The van der Waals surface area contributed by atoms with Gasteiger partial charge in [0.2, 0.25) is 0 Å². The maximum absolute atomic E-state index is 14.7. The number of thioether (sulfide) groups is 1. The van der Waals surface area contributed by atoms with Gasteiger partial charge in [0.25, 0.3) is 5.17 Å². The Morgan fingerprint density at radius 3 is 3.00 bits per heavy atom. The van der Waals surface area contributed by atoms with Crippen LogP contribution in [0.15, 0.2) is 18.2 Å². The molecule has 154 valence electrons. The molecule has 2 heterocycles. The number of cyclic esters (lactones) is 1. The number of ether oxygens (including phenoxy) is 2. The van der Waals surface area contributed by atoms with E-state index in [4.69, 9.17) is 21.7 Å². The number of anilines is 2. The lowest BCUT2D eigenvalue weighted by Crippen LogP contribution is -2.35. The van der Waals surface area contributed by atoms with Crippen molar-refractivity contribution in [3.8, 4) is 0 Å². The summed E-state index contributed by atoms with van der Waals surface area (Å²) in [6.45, 7) is 6.12. The van der Waals surface area contributed by atoms with Crippen LogP contribution in [0.3, 0.4) is 0 Å².